The molecule has 1 aromatic rings. The molecule has 3 aliphatic carbocycles. The van der Waals surface area contributed by atoms with Crippen LogP contribution in [0, 0.1) is 41.2 Å². The van der Waals surface area contributed by atoms with Crippen molar-refractivity contribution in [3.05, 3.63) is 23.8 Å². The summed E-state index contributed by atoms with van der Waals surface area (Å²) in [6.45, 7) is 0.724. The van der Waals surface area contributed by atoms with Crippen molar-refractivity contribution in [2.24, 2.45) is 29.6 Å². The summed E-state index contributed by atoms with van der Waals surface area (Å²) in [5.74, 6) is 1.33. The lowest BCUT2D eigenvalue weighted by atomic mass is 9.69. The number of benzene rings is 1. The van der Waals surface area contributed by atoms with E-state index in [1.807, 2.05) is 0 Å². The fourth-order valence-corrected chi connectivity index (χ4v) is 5.58. The van der Waals surface area contributed by atoms with Gasteiger partial charge in [0.2, 0.25) is 11.6 Å². The molecule has 1 aromatic carbocycles. The van der Waals surface area contributed by atoms with E-state index >= 15 is 0 Å². The van der Waals surface area contributed by atoms with Crippen LogP contribution in [0.5, 0.6) is 11.5 Å². The van der Waals surface area contributed by atoms with Gasteiger partial charge in [-0.2, -0.15) is 8.78 Å². The summed E-state index contributed by atoms with van der Waals surface area (Å²) in [5.41, 5.74) is 0. The lowest BCUT2D eigenvalue weighted by molar-refractivity contribution is 0.119. The third-order valence-corrected chi connectivity index (χ3v) is 7.85. The summed E-state index contributed by atoms with van der Waals surface area (Å²) in [4.78, 5) is 0. The lowest BCUT2D eigenvalue weighted by Crippen LogP contribution is -2.27. The Morgan fingerprint density at radius 3 is 1.48 bits per heavy atom. The van der Waals surface area contributed by atoms with Gasteiger partial charge >= 0.3 is 0 Å². The van der Waals surface area contributed by atoms with Gasteiger partial charge in [-0.25, -0.2) is 0 Å². The fraction of sp³-hybridized carbons (Fsp3) is 0.769. The molecule has 0 aromatic heterocycles. The van der Waals surface area contributed by atoms with Crippen LogP contribution in [-0.2, 0) is 0 Å². The number of rotatable bonds is 10. The van der Waals surface area contributed by atoms with Crippen molar-refractivity contribution in [3.8, 4) is 11.5 Å². The summed E-state index contributed by atoms with van der Waals surface area (Å²) in [6.07, 6.45) is 13.7. The third kappa shape index (κ3) is 6.32. The highest BCUT2D eigenvalue weighted by Crippen LogP contribution is 2.42. The van der Waals surface area contributed by atoms with Crippen molar-refractivity contribution in [1.82, 2.24) is 0 Å². The standard InChI is InChI=1S/C26H37F3O2/c27-15-1-2-18-5-9-21(10-6-18)22-11-7-20(8-12-22)17-31-24-14-13-23(25(28)26(24)29)30-16-19-3-4-19/h13-14,18-22H,1-12,15-17H2. The van der Waals surface area contributed by atoms with E-state index in [2.05, 4.69) is 0 Å². The topological polar surface area (TPSA) is 18.5 Å². The molecular formula is C26H37F3O2. The maximum absolute atomic E-state index is 14.4. The monoisotopic (exact) mass is 438 g/mol. The molecule has 0 heterocycles. The Balaban J connectivity index is 1.18. The number of alkyl halides is 1. The first-order valence-electron chi connectivity index (χ1n) is 12.4. The summed E-state index contributed by atoms with van der Waals surface area (Å²) in [5, 5.41) is 0. The molecule has 0 amide bonds. The Kier molecular flexibility index (Phi) is 8.06. The SMILES string of the molecule is FCCCC1CCC(C2CCC(COc3ccc(OCC4CC4)c(F)c3F)CC2)CC1. The zero-order valence-corrected chi connectivity index (χ0v) is 18.6. The summed E-state index contributed by atoms with van der Waals surface area (Å²) < 4.78 is 52.1. The first kappa shape index (κ1) is 22.8. The zero-order valence-electron chi connectivity index (χ0n) is 18.6. The number of hydrogen-bond donors (Lipinski definition) is 0. The maximum Gasteiger partial charge on any atom is 0.204 e. The second kappa shape index (κ2) is 11.0. The molecule has 174 valence electrons. The van der Waals surface area contributed by atoms with Crippen molar-refractivity contribution in [3.63, 3.8) is 0 Å². The van der Waals surface area contributed by atoms with Crippen molar-refractivity contribution in [2.45, 2.75) is 77.0 Å². The minimum Gasteiger partial charge on any atom is -0.490 e. The van der Waals surface area contributed by atoms with Crippen LogP contribution in [0.25, 0.3) is 0 Å². The molecule has 0 radical (unpaired) electrons. The van der Waals surface area contributed by atoms with Gasteiger partial charge in [-0.3, -0.25) is 4.39 Å². The molecule has 0 aliphatic heterocycles. The van der Waals surface area contributed by atoms with Gasteiger partial charge < -0.3 is 9.47 Å². The molecule has 3 aliphatic rings. The van der Waals surface area contributed by atoms with Gasteiger partial charge in [-0.1, -0.05) is 12.8 Å². The third-order valence-electron chi connectivity index (χ3n) is 7.85. The summed E-state index contributed by atoms with van der Waals surface area (Å²) >= 11 is 0. The molecule has 0 spiro atoms. The Morgan fingerprint density at radius 1 is 0.645 bits per heavy atom. The zero-order chi connectivity index (χ0) is 21.6. The quantitative estimate of drug-likeness (QED) is 0.377. The first-order valence-corrected chi connectivity index (χ1v) is 12.4. The van der Waals surface area contributed by atoms with Crippen LogP contribution >= 0.6 is 0 Å². The molecule has 0 N–H and O–H groups in total. The minimum absolute atomic E-state index is 0.00926. The van der Waals surface area contributed by atoms with E-state index < -0.39 is 11.6 Å². The molecule has 5 heteroatoms. The Bertz CT molecular complexity index is 690. The van der Waals surface area contributed by atoms with E-state index in [1.165, 1.54) is 50.7 Å². The summed E-state index contributed by atoms with van der Waals surface area (Å²) in [7, 11) is 0. The van der Waals surface area contributed by atoms with Crippen molar-refractivity contribution < 1.29 is 22.6 Å². The molecule has 2 nitrogen and oxygen atoms in total. The normalized spacial score (nSPS) is 29.0. The maximum atomic E-state index is 14.4. The van der Waals surface area contributed by atoms with Gasteiger partial charge in [-0.15, -0.1) is 0 Å². The molecule has 3 fully saturated rings. The van der Waals surface area contributed by atoms with Crippen molar-refractivity contribution >= 4 is 0 Å². The molecule has 0 unspecified atom stereocenters. The number of halogens is 3. The van der Waals surface area contributed by atoms with Gasteiger partial charge in [0, 0.05) is 0 Å². The van der Waals surface area contributed by atoms with Crippen molar-refractivity contribution in [2.75, 3.05) is 19.9 Å². The predicted octanol–water partition coefficient (Wildman–Crippen LogP) is 7.49. The first-order chi connectivity index (χ1) is 15.1. The predicted molar refractivity (Wildman–Crippen MR) is 116 cm³/mol. The highest BCUT2D eigenvalue weighted by atomic mass is 19.2. The minimum atomic E-state index is -0.941. The van der Waals surface area contributed by atoms with E-state index in [0.29, 0.717) is 25.0 Å². The molecule has 31 heavy (non-hydrogen) atoms. The lowest BCUT2D eigenvalue weighted by Gasteiger charge is -2.37. The van der Waals surface area contributed by atoms with Crippen LogP contribution in [0.1, 0.15) is 77.0 Å². The van der Waals surface area contributed by atoms with E-state index in [1.54, 1.807) is 0 Å². The second-order valence-corrected chi connectivity index (χ2v) is 10.1. The molecule has 4 rings (SSSR count). The average Bonchev–Trinajstić information content (AvgIpc) is 3.63. The Labute approximate surface area is 184 Å². The van der Waals surface area contributed by atoms with Gasteiger partial charge in [-0.05, 0) is 106 Å². The highest BCUT2D eigenvalue weighted by molar-refractivity contribution is 5.35. The smallest absolute Gasteiger partial charge is 0.204 e. The van der Waals surface area contributed by atoms with E-state index in [0.717, 1.165) is 56.3 Å². The van der Waals surface area contributed by atoms with Crippen LogP contribution < -0.4 is 9.47 Å². The molecular weight excluding hydrogens is 401 g/mol. The molecule has 0 atom stereocenters. The average molecular weight is 439 g/mol. The number of hydrogen-bond acceptors (Lipinski definition) is 2. The van der Waals surface area contributed by atoms with Crippen LogP contribution in [-0.4, -0.2) is 19.9 Å². The van der Waals surface area contributed by atoms with Gasteiger partial charge in [0.1, 0.15) is 0 Å². The van der Waals surface area contributed by atoms with Crippen molar-refractivity contribution in [1.29, 1.82) is 0 Å². The Morgan fingerprint density at radius 2 is 1.06 bits per heavy atom. The van der Waals surface area contributed by atoms with E-state index in [9.17, 15) is 13.2 Å². The molecule has 3 saturated carbocycles. The Hall–Kier alpha value is -1.39. The van der Waals surface area contributed by atoms with Gasteiger partial charge in [0.05, 0.1) is 19.9 Å². The number of ether oxygens (including phenoxy) is 2. The highest BCUT2D eigenvalue weighted by Gasteiger charge is 2.31. The fourth-order valence-electron chi connectivity index (χ4n) is 5.58. The molecule has 0 bridgehead atoms. The second-order valence-electron chi connectivity index (χ2n) is 10.1. The van der Waals surface area contributed by atoms with Crippen LogP contribution in [0.3, 0.4) is 0 Å². The van der Waals surface area contributed by atoms with E-state index in [-0.39, 0.29) is 18.2 Å². The van der Waals surface area contributed by atoms with Crippen LogP contribution in [0.15, 0.2) is 12.1 Å². The van der Waals surface area contributed by atoms with Crippen LogP contribution in [0.2, 0.25) is 0 Å². The van der Waals surface area contributed by atoms with E-state index in [4.69, 9.17) is 9.47 Å². The summed E-state index contributed by atoms with van der Waals surface area (Å²) in [6, 6.07) is 2.98. The largest absolute Gasteiger partial charge is 0.490 e. The molecule has 0 saturated heterocycles. The van der Waals surface area contributed by atoms with Crippen LogP contribution in [0.4, 0.5) is 13.2 Å². The van der Waals surface area contributed by atoms with Gasteiger partial charge in [0.25, 0.3) is 0 Å². The van der Waals surface area contributed by atoms with Gasteiger partial charge in [0.15, 0.2) is 11.5 Å².